The molecule has 0 unspecified atom stereocenters. The van der Waals surface area contributed by atoms with Crippen molar-refractivity contribution in [3.63, 3.8) is 0 Å². The summed E-state index contributed by atoms with van der Waals surface area (Å²) in [6.45, 7) is 2.69. The molecular formula is C19H27N5O. The van der Waals surface area contributed by atoms with Crippen molar-refractivity contribution in [2.75, 3.05) is 18.9 Å². The van der Waals surface area contributed by atoms with Crippen LogP contribution in [0.1, 0.15) is 44.2 Å². The summed E-state index contributed by atoms with van der Waals surface area (Å²) in [5.74, 6) is 2.10. The summed E-state index contributed by atoms with van der Waals surface area (Å²) in [6, 6.07) is 7.39. The minimum Gasteiger partial charge on any atom is -0.328 e. The Morgan fingerprint density at radius 1 is 1.32 bits per heavy atom. The lowest BCUT2D eigenvalue weighted by atomic mass is 9.87. The molecule has 134 valence electrons. The third-order valence-electron chi connectivity index (χ3n) is 4.88. The highest BCUT2D eigenvalue weighted by molar-refractivity contribution is 5.88. The lowest BCUT2D eigenvalue weighted by molar-refractivity contribution is 0.215. The fourth-order valence-corrected chi connectivity index (χ4v) is 3.40. The molecule has 1 aliphatic rings. The van der Waals surface area contributed by atoms with Crippen molar-refractivity contribution in [3.8, 4) is 5.82 Å². The summed E-state index contributed by atoms with van der Waals surface area (Å²) >= 11 is 0. The number of carbonyl (C=O) groups is 1. The minimum absolute atomic E-state index is 0.104. The Morgan fingerprint density at radius 3 is 2.84 bits per heavy atom. The Balaban J connectivity index is 1.60. The average Bonchev–Trinajstić information content (AvgIpc) is 3.01. The molecule has 1 N–H and O–H groups in total. The van der Waals surface area contributed by atoms with E-state index in [1.54, 1.807) is 15.8 Å². The number of pyridine rings is 1. The Labute approximate surface area is 149 Å². The summed E-state index contributed by atoms with van der Waals surface area (Å²) < 4.78 is 1.67. The summed E-state index contributed by atoms with van der Waals surface area (Å²) in [7, 11) is 1.85. The molecule has 0 aromatic carbocycles. The van der Waals surface area contributed by atoms with Gasteiger partial charge in [-0.1, -0.05) is 38.2 Å². The van der Waals surface area contributed by atoms with Gasteiger partial charge in [0.15, 0.2) is 5.82 Å². The summed E-state index contributed by atoms with van der Waals surface area (Å²) in [5, 5.41) is 7.40. The number of anilines is 1. The van der Waals surface area contributed by atoms with Gasteiger partial charge < -0.3 is 4.90 Å². The minimum atomic E-state index is -0.104. The van der Waals surface area contributed by atoms with Crippen molar-refractivity contribution >= 4 is 11.8 Å². The molecule has 1 aliphatic carbocycles. The Hall–Kier alpha value is -2.37. The molecule has 0 bridgehead atoms. The summed E-state index contributed by atoms with van der Waals surface area (Å²) in [6.07, 6.45) is 9.45. The van der Waals surface area contributed by atoms with Crippen molar-refractivity contribution < 1.29 is 4.79 Å². The number of aromatic nitrogens is 3. The monoisotopic (exact) mass is 341 g/mol. The number of aryl methyl sites for hydroxylation is 1. The molecule has 6 heteroatoms. The number of amides is 2. The highest BCUT2D eigenvalue weighted by atomic mass is 16.2. The van der Waals surface area contributed by atoms with Crippen molar-refractivity contribution in [1.29, 1.82) is 0 Å². The van der Waals surface area contributed by atoms with E-state index in [1.807, 2.05) is 38.2 Å². The highest BCUT2D eigenvalue weighted by Gasteiger charge is 2.17. The molecule has 0 atom stereocenters. The predicted molar refractivity (Wildman–Crippen MR) is 98.9 cm³/mol. The fraction of sp³-hybridized carbons (Fsp3) is 0.526. The van der Waals surface area contributed by atoms with E-state index in [0.717, 1.165) is 24.6 Å². The first kappa shape index (κ1) is 17.5. The molecule has 2 heterocycles. The third kappa shape index (κ3) is 4.59. The second-order valence-corrected chi connectivity index (χ2v) is 6.92. The van der Waals surface area contributed by atoms with E-state index in [1.165, 1.54) is 32.1 Å². The van der Waals surface area contributed by atoms with Crippen LogP contribution in [0, 0.1) is 12.8 Å². The van der Waals surface area contributed by atoms with E-state index >= 15 is 0 Å². The van der Waals surface area contributed by atoms with Crippen molar-refractivity contribution in [1.82, 2.24) is 19.7 Å². The number of nitrogens with one attached hydrogen (secondary N) is 1. The highest BCUT2D eigenvalue weighted by Crippen LogP contribution is 2.26. The normalized spacial score (nSPS) is 15.1. The van der Waals surface area contributed by atoms with Gasteiger partial charge in [-0.3, -0.25) is 5.32 Å². The molecule has 25 heavy (non-hydrogen) atoms. The van der Waals surface area contributed by atoms with Gasteiger partial charge in [0, 0.05) is 25.9 Å². The number of urea groups is 1. The second-order valence-electron chi connectivity index (χ2n) is 6.92. The van der Waals surface area contributed by atoms with E-state index in [4.69, 9.17) is 0 Å². The molecule has 2 aromatic rings. The molecule has 2 amide bonds. The van der Waals surface area contributed by atoms with Crippen LogP contribution in [0.25, 0.3) is 5.82 Å². The molecule has 6 nitrogen and oxygen atoms in total. The van der Waals surface area contributed by atoms with Crippen LogP contribution in [0.2, 0.25) is 0 Å². The first-order valence-corrected chi connectivity index (χ1v) is 9.13. The average molecular weight is 341 g/mol. The van der Waals surface area contributed by atoms with E-state index in [9.17, 15) is 4.79 Å². The van der Waals surface area contributed by atoms with Gasteiger partial charge in [-0.05, 0) is 31.4 Å². The van der Waals surface area contributed by atoms with E-state index in [0.29, 0.717) is 11.6 Å². The van der Waals surface area contributed by atoms with Gasteiger partial charge in [0.25, 0.3) is 0 Å². The molecular weight excluding hydrogens is 314 g/mol. The van der Waals surface area contributed by atoms with Crippen LogP contribution in [-0.2, 0) is 0 Å². The maximum atomic E-state index is 12.5. The zero-order valence-corrected chi connectivity index (χ0v) is 15.1. The van der Waals surface area contributed by atoms with Gasteiger partial charge in [0.1, 0.15) is 5.82 Å². The fourth-order valence-electron chi connectivity index (χ4n) is 3.40. The van der Waals surface area contributed by atoms with E-state index in [-0.39, 0.29) is 6.03 Å². The third-order valence-corrected chi connectivity index (χ3v) is 4.88. The van der Waals surface area contributed by atoms with Crippen LogP contribution in [0.4, 0.5) is 10.6 Å². The molecule has 1 fully saturated rings. The smallest absolute Gasteiger partial charge is 0.322 e. The van der Waals surface area contributed by atoms with Crippen LogP contribution >= 0.6 is 0 Å². The number of nitrogens with zero attached hydrogens (tertiary/aromatic N) is 4. The first-order chi connectivity index (χ1) is 12.1. The van der Waals surface area contributed by atoms with Crippen molar-refractivity contribution in [3.05, 3.63) is 36.2 Å². The number of hydrogen-bond acceptors (Lipinski definition) is 3. The Bertz CT molecular complexity index is 691. The second kappa shape index (κ2) is 8.14. The number of rotatable bonds is 5. The van der Waals surface area contributed by atoms with Gasteiger partial charge in [0.2, 0.25) is 0 Å². The molecule has 0 spiro atoms. The maximum absolute atomic E-state index is 12.5. The van der Waals surface area contributed by atoms with Crippen molar-refractivity contribution in [2.45, 2.75) is 45.4 Å². The molecule has 0 radical (unpaired) electrons. The molecule has 0 aliphatic heterocycles. The molecule has 2 aromatic heterocycles. The van der Waals surface area contributed by atoms with Gasteiger partial charge >= 0.3 is 6.03 Å². The summed E-state index contributed by atoms with van der Waals surface area (Å²) in [4.78, 5) is 18.6. The number of hydrogen-bond donors (Lipinski definition) is 1. The van der Waals surface area contributed by atoms with Gasteiger partial charge in [-0.25, -0.2) is 9.78 Å². The molecule has 0 saturated heterocycles. The van der Waals surface area contributed by atoms with Crippen LogP contribution in [0.5, 0.6) is 0 Å². The largest absolute Gasteiger partial charge is 0.328 e. The Morgan fingerprint density at radius 2 is 2.12 bits per heavy atom. The SMILES string of the molecule is Cc1cc(NC(=O)N(C)CCC2CCCCC2)n(-c2ccccn2)n1. The molecule has 1 saturated carbocycles. The van der Waals surface area contributed by atoms with Crippen LogP contribution in [0.3, 0.4) is 0 Å². The van der Waals surface area contributed by atoms with Crippen LogP contribution < -0.4 is 5.32 Å². The zero-order valence-electron chi connectivity index (χ0n) is 15.1. The van der Waals surface area contributed by atoms with Crippen LogP contribution in [0.15, 0.2) is 30.5 Å². The van der Waals surface area contributed by atoms with Gasteiger partial charge in [0.05, 0.1) is 5.69 Å². The zero-order chi connectivity index (χ0) is 17.6. The maximum Gasteiger partial charge on any atom is 0.322 e. The van der Waals surface area contributed by atoms with Gasteiger partial charge in [-0.15, -0.1) is 0 Å². The standard InChI is InChI=1S/C19H27N5O/c1-15-14-18(24(22-15)17-10-6-7-12-20-17)21-19(25)23(2)13-11-16-8-4-3-5-9-16/h6-7,10,12,14,16H,3-5,8-9,11,13H2,1-2H3,(H,21,25). The predicted octanol–water partition coefficient (Wildman–Crippen LogP) is 4.01. The Kier molecular flexibility index (Phi) is 5.68. The van der Waals surface area contributed by atoms with Gasteiger partial charge in [-0.2, -0.15) is 9.78 Å². The van der Waals surface area contributed by atoms with E-state index < -0.39 is 0 Å². The van der Waals surface area contributed by atoms with Crippen molar-refractivity contribution in [2.24, 2.45) is 5.92 Å². The first-order valence-electron chi connectivity index (χ1n) is 9.13. The quantitative estimate of drug-likeness (QED) is 0.894. The lowest BCUT2D eigenvalue weighted by Crippen LogP contribution is -2.33. The summed E-state index contributed by atoms with van der Waals surface area (Å²) in [5.41, 5.74) is 0.839. The topological polar surface area (TPSA) is 63.1 Å². The van der Waals surface area contributed by atoms with Crippen LogP contribution in [-0.4, -0.2) is 39.3 Å². The number of carbonyl (C=O) groups excluding carboxylic acids is 1. The lowest BCUT2D eigenvalue weighted by Gasteiger charge is -2.24. The van der Waals surface area contributed by atoms with E-state index in [2.05, 4.69) is 15.4 Å². The molecule has 3 rings (SSSR count).